The van der Waals surface area contributed by atoms with E-state index in [0.29, 0.717) is 6.04 Å². The van der Waals surface area contributed by atoms with Crippen LogP contribution in [0.4, 0.5) is 0 Å². The van der Waals surface area contributed by atoms with Gasteiger partial charge >= 0.3 is 0 Å². The lowest BCUT2D eigenvalue weighted by molar-refractivity contribution is 0.0909. The van der Waals surface area contributed by atoms with Crippen molar-refractivity contribution in [3.8, 4) is 0 Å². The van der Waals surface area contributed by atoms with Crippen molar-refractivity contribution in [1.82, 2.24) is 14.6 Å². The average Bonchev–Trinajstić information content (AvgIpc) is 3.02. The molecule has 4 rings (SSSR count). The molecule has 2 aliphatic heterocycles. The van der Waals surface area contributed by atoms with Gasteiger partial charge in [0.15, 0.2) is 0 Å². The van der Waals surface area contributed by atoms with Crippen LogP contribution in [0, 0.1) is 12.8 Å². The number of fused-ring (bicyclic) bond motifs is 3. The van der Waals surface area contributed by atoms with Crippen molar-refractivity contribution >= 4 is 11.4 Å². The number of amides is 1. The first-order chi connectivity index (χ1) is 10.2. The van der Waals surface area contributed by atoms with E-state index >= 15 is 0 Å². The fraction of sp³-hybridized carbons (Fsp3) is 0.471. The summed E-state index contributed by atoms with van der Waals surface area (Å²) < 4.78 is 2.07. The molecule has 21 heavy (non-hydrogen) atoms. The van der Waals surface area contributed by atoms with E-state index in [-0.39, 0.29) is 5.91 Å². The average molecular weight is 283 g/mol. The lowest BCUT2D eigenvalue weighted by Gasteiger charge is -2.30. The maximum atomic E-state index is 12.5. The van der Waals surface area contributed by atoms with E-state index < -0.39 is 0 Å². The molecule has 2 aromatic heterocycles. The summed E-state index contributed by atoms with van der Waals surface area (Å²) in [6.45, 7) is 5.49. The Hall–Kier alpha value is -1.81. The highest BCUT2D eigenvalue weighted by molar-refractivity contribution is 5.94. The molecule has 1 amide bonds. The van der Waals surface area contributed by atoms with Gasteiger partial charge in [0, 0.05) is 36.5 Å². The number of rotatable bonds is 2. The molecule has 0 aromatic carbocycles. The molecule has 0 aliphatic carbocycles. The molecular formula is C17H21N3O. The number of hydrogen-bond acceptors (Lipinski definition) is 2. The zero-order chi connectivity index (χ0) is 14.4. The van der Waals surface area contributed by atoms with Crippen LogP contribution in [0.5, 0.6) is 0 Å². The zero-order valence-corrected chi connectivity index (χ0v) is 12.4. The first kappa shape index (κ1) is 12.9. The highest BCUT2D eigenvalue weighted by Crippen LogP contribution is 2.26. The lowest BCUT2D eigenvalue weighted by Crippen LogP contribution is -2.47. The molecular weight excluding hydrogens is 262 g/mol. The summed E-state index contributed by atoms with van der Waals surface area (Å²) in [5, 5.41) is 3.22. The van der Waals surface area contributed by atoms with Crippen LogP contribution in [-0.4, -0.2) is 40.9 Å². The molecule has 4 heteroatoms. The minimum Gasteiger partial charge on any atom is -0.348 e. The quantitative estimate of drug-likeness (QED) is 0.916. The monoisotopic (exact) mass is 283 g/mol. The maximum absolute atomic E-state index is 12.5. The predicted molar refractivity (Wildman–Crippen MR) is 82.6 cm³/mol. The van der Waals surface area contributed by atoms with Crippen molar-refractivity contribution in [2.24, 2.45) is 5.92 Å². The van der Waals surface area contributed by atoms with Gasteiger partial charge in [-0.05, 0) is 56.5 Å². The molecule has 0 radical (unpaired) electrons. The van der Waals surface area contributed by atoms with Gasteiger partial charge in [-0.2, -0.15) is 0 Å². The standard InChI is InChI=1S/C17H21N3O/c1-12-2-4-16-5-3-14(10-20(12)16)17(21)18-15-8-13-6-7-19(9-13)11-15/h2-5,10,13,15H,6-9,11H2,1H3,(H,18,21)/t13-,15+/m0/s1. The Morgan fingerprint density at radius 2 is 2.10 bits per heavy atom. The van der Waals surface area contributed by atoms with Crippen LogP contribution in [0.3, 0.4) is 0 Å². The SMILES string of the molecule is Cc1ccc2ccc(C(=O)N[C@@H]3C[C@@H]4CCN(C4)C3)cn12. The smallest absolute Gasteiger partial charge is 0.253 e. The molecule has 0 saturated carbocycles. The van der Waals surface area contributed by atoms with E-state index in [2.05, 4.69) is 33.7 Å². The lowest BCUT2D eigenvalue weighted by atomic mass is 9.96. The van der Waals surface area contributed by atoms with Crippen LogP contribution in [0.25, 0.3) is 5.52 Å². The summed E-state index contributed by atoms with van der Waals surface area (Å²) in [5.41, 5.74) is 3.03. The largest absolute Gasteiger partial charge is 0.348 e. The van der Waals surface area contributed by atoms with E-state index in [1.54, 1.807) is 0 Å². The first-order valence-electron chi connectivity index (χ1n) is 7.80. The van der Waals surface area contributed by atoms with Crippen LogP contribution >= 0.6 is 0 Å². The highest BCUT2D eigenvalue weighted by Gasteiger charge is 2.32. The topological polar surface area (TPSA) is 36.8 Å². The van der Waals surface area contributed by atoms with Crippen molar-refractivity contribution in [2.75, 3.05) is 19.6 Å². The Labute approximate surface area is 124 Å². The third kappa shape index (κ3) is 2.33. The molecule has 1 unspecified atom stereocenters. The number of carbonyl (C=O) groups is 1. The van der Waals surface area contributed by atoms with Gasteiger partial charge in [0.2, 0.25) is 0 Å². The van der Waals surface area contributed by atoms with Gasteiger partial charge in [-0.3, -0.25) is 4.79 Å². The minimum absolute atomic E-state index is 0.0532. The molecule has 4 heterocycles. The van der Waals surface area contributed by atoms with Crippen molar-refractivity contribution in [3.63, 3.8) is 0 Å². The van der Waals surface area contributed by atoms with Gasteiger partial charge in [0.1, 0.15) is 0 Å². The Morgan fingerprint density at radius 1 is 1.24 bits per heavy atom. The summed E-state index contributed by atoms with van der Waals surface area (Å²) in [7, 11) is 0. The fourth-order valence-corrected chi connectivity index (χ4v) is 3.81. The molecule has 1 N–H and O–H groups in total. The van der Waals surface area contributed by atoms with Crippen LogP contribution in [0.2, 0.25) is 0 Å². The second-order valence-electron chi connectivity index (χ2n) is 6.51. The Bertz CT molecular complexity index is 678. The number of hydrogen-bond donors (Lipinski definition) is 1. The molecule has 2 fully saturated rings. The number of nitrogens with zero attached hydrogens (tertiary/aromatic N) is 2. The fourth-order valence-electron chi connectivity index (χ4n) is 3.81. The normalized spacial score (nSPS) is 28.0. The molecule has 110 valence electrons. The van der Waals surface area contributed by atoms with Gasteiger partial charge in [0.05, 0.1) is 5.56 Å². The third-order valence-electron chi connectivity index (χ3n) is 4.92. The molecule has 2 bridgehead atoms. The number of aryl methyl sites for hydroxylation is 1. The Morgan fingerprint density at radius 3 is 2.95 bits per heavy atom. The number of nitrogens with one attached hydrogen (secondary N) is 1. The molecule has 4 nitrogen and oxygen atoms in total. The highest BCUT2D eigenvalue weighted by atomic mass is 16.1. The molecule has 2 aromatic rings. The van der Waals surface area contributed by atoms with E-state index in [1.807, 2.05) is 18.3 Å². The van der Waals surface area contributed by atoms with E-state index in [4.69, 9.17) is 0 Å². The first-order valence-corrected chi connectivity index (χ1v) is 7.80. The van der Waals surface area contributed by atoms with Gasteiger partial charge < -0.3 is 14.6 Å². The van der Waals surface area contributed by atoms with E-state index in [9.17, 15) is 4.79 Å². The predicted octanol–water partition coefficient (Wildman–Crippen LogP) is 2.07. The summed E-state index contributed by atoms with van der Waals surface area (Å²) in [5.74, 6) is 0.829. The second kappa shape index (κ2) is 4.88. The number of pyridine rings is 1. The molecule has 0 spiro atoms. The van der Waals surface area contributed by atoms with Crippen LogP contribution in [0.1, 0.15) is 28.9 Å². The molecule has 2 aliphatic rings. The minimum atomic E-state index is 0.0532. The van der Waals surface area contributed by atoms with E-state index in [0.717, 1.165) is 35.7 Å². The Kier molecular flexibility index (Phi) is 3.00. The van der Waals surface area contributed by atoms with Gasteiger partial charge in [-0.1, -0.05) is 0 Å². The van der Waals surface area contributed by atoms with Crippen molar-refractivity contribution in [3.05, 3.63) is 41.7 Å². The van der Waals surface area contributed by atoms with Crippen molar-refractivity contribution in [2.45, 2.75) is 25.8 Å². The van der Waals surface area contributed by atoms with Gasteiger partial charge in [-0.15, -0.1) is 0 Å². The number of carbonyl (C=O) groups excluding carboxylic acids is 1. The molecule has 3 atom stereocenters. The van der Waals surface area contributed by atoms with Crippen molar-refractivity contribution < 1.29 is 4.79 Å². The van der Waals surface area contributed by atoms with E-state index in [1.165, 1.54) is 19.5 Å². The van der Waals surface area contributed by atoms with Crippen LogP contribution in [-0.2, 0) is 0 Å². The Balaban J connectivity index is 1.52. The second-order valence-corrected chi connectivity index (χ2v) is 6.51. The number of piperidine rings is 1. The summed E-state index contributed by atoms with van der Waals surface area (Å²) in [6.07, 6.45) is 4.37. The van der Waals surface area contributed by atoms with Crippen LogP contribution in [0.15, 0.2) is 30.5 Å². The summed E-state index contributed by atoms with van der Waals surface area (Å²) >= 11 is 0. The molecule has 2 saturated heterocycles. The summed E-state index contributed by atoms with van der Waals surface area (Å²) in [4.78, 5) is 15.0. The van der Waals surface area contributed by atoms with Crippen LogP contribution < -0.4 is 5.32 Å². The number of aromatic nitrogens is 1. The zero-order valence-electron chi connectivity index (χ0n) is 12.4. The third-order valence-corrected chi connectivity index (χ3v) is 4.92. The van der Waals surface area contributed by atoms with Crippen molar-refractivity contribution in [1.29, 1.82) is 0 Å². The van der Waals surface area contributed by atoms with Gasteiger partial charge in [0.25, 0.3) is 5.91 Å². The van der Waals surface area contributed by atoms with Gasteiger partial charge in [-0.25, -0.2) is 0 Å². The maximum Gasteiger partial charge on any atom is 0.253 e. The summed E-state index contributed by atoms with van der Waals surface area (Å²) in [6, 6.07) is 8.38.